The van der Waals surface area contributed by atoms with Crippen molar-refractivity contribution in [2.45, 2.75) is 33.6 Å². The van der Waals surface area contributed by atoms with E-state index in [9.17, 15) is 4.39 Å². The molecule has 2 unspecified atom stereocenters. The first-order valence-corrected chi connectivity index (χ1v) is 6.32. The van der Waals surface area contributed by atoms with Gasteiger partial charge in [0.1, 0.15) is 5.82 Å². The minimum Gasteiger partial charge on any atom is -0.316 e. The van der Waals surface area contributed by atoms with E-state index >= 15 is 0 Å². The third-order valence-electron chi connectivity index (χ3n) is 3.17. The van der Waals surface area contributed by atoms with Gasteiger partial charge in [-0.1, -0.05) is 27.7 Å². The van der Waals surface area contributed by atoms with Crippen LogP contribution in [0.5, 0.6) is 0 Å². The Morgan fingerprint density at radius 1 is 1.24 bits per heavy atom. The molecule has 0 saturated carbocycles. The second-order valence-corrected chi connectivity index (χ2v) is 5.22. The summed E-state index contributed by atoms with van der Waals surface area (Å²) in [5, 5.41) is 3.42. The molecule has 1 heterocycles. The highest BCUT2D eigenvalue weighted by Gasteiger charge is 2.17. The second kappa shape index (κ2) is 6.70. The predicted molar refractivity (Wildman–Crippen MR) is 69.5 cm³/mol. The summed E-state index contributed by atoms with van der Waals surface area (Å²) in [6.07, 6.45) is 2.95. The van der Waals surface area contributed by atoms with Crippen molar-refractivity contribution < 1.29 is 4.39 Å². The maximum absolute atomic E-state index is 13.6. The van der Waals surface area contributed by atoms with Crippen molar-refractivity contribution in [2.75, 3.05) is 13.1 Å². The molecule has 2 nitrogen and oxygen atoms in total. The molecule has 17 heavy (non-hydrogen) atoms. The molecule has 0 radical (unpaired) electrons. The molecule has 1 rings (SSSR count). The molecule has 0 amide bonds. The van der Waals surface area contributed by atoms with E-state index in [1.807, 2.05) is 0 Å². The molecule has 1 N–H and O–H groups in total. The van der Waals surface area contributed by atoms with Crippen LogP contribution < -0.4 is 5.32 Å². The Labute approximate surface area is 104 Å². The standard InChI is InChI=1S/C14H23FN2/c1-10(2)7-17-8-11(3)12(4)13-5-6-16-9-14(13)15/h5-6,9-12,17H,7-8H2,1-4H3. The summed E-state index contributed by atoms with van der Waals surface area (Å²) in [6.45, 7) is 10.5. The topological polar surface area (TPSA) is 24.9 Å². The van der Waals surface area contributed by atoms with Crippen LogP contribution in [0.1, 0.15) is 39.2 Å². The Kier molecular flexibility index (Phi) is 5.56. The van der Waals surface area contributed by atoms with Gasteiger partial charge in [0, 0.05) is 6.20 Å². The fourth-order valence-corrected chi connectivity index (χ4v) is 1.84. The van der Waals surface area contributed by atoms with Gasteiger partial charge in [0.25, 0.3) is 0 Å². The summed E-state index contributed by atoms with van der Waals surface area (Å²) in [6, 6.07) is 1.78. The Morgan fingerprint density at radius 2 is 1.94 bits per heavy atom. The first-order valence-electron chi connectivity index (χ1n) is 6.32. The maximum Gasteiger partial charge on any atom is 0.144 e. The van der Waals surface area contributed by atoms with Gasteiger partial charge in [-0.3, -0.25) is 4.98 Å². The molecule has 0 fully saturated rings. The average Bonchev–Trinajstić information content (AvgIpc) is 2.28. The minimum atomic E-state index is -0.198. The molecular formula is C14H23FN2. The van der Waals surface area contributed by atoms with Gasteiger partial charge in [-0.25, -0.2) is 4.39 Å². The Bertz CT molecular complexity index is 339. The number of hydrogen-bond donors (Lipinski definition) is 1. The highest BCUT2D eigenvalue weighted by molar-refractivity contribution is 5.18. The van der Waals surface area contributed by atoms with Gasteiger partial charge in [-0.15, -0.1) is 0 Å². The SMILES string of the molecule is CC(C)CNCC(C)C(C)c1ccncc1F. The summed E-state index contributed by atoms with van der Waals surface area (Å²) >= 11 is 0. The van der Waals surface area contributed by atoms with Gasteiger partial charge in [0.2, 0.25) is 0 Å². The lowest BCUT2D eigenvalue weighted by atomic mass is 9.89. The van der Waals surface area contributed by atoms with Crippen molar-refractivity contribution in [3.63, 3.8) is 0 Å². The van der Waals surface area contributed by atoms with Crippen LogP contribution >= 0.6 is 0 Å². The molecule has 0 saturated heterocycles. The molecule has 0 aliphatic carbocycles. The molecule has 2 atom stereocenters. The molecule has 0 spiro atoms. The van der Waals surface area contributed by atoms with Gasteiger partial charge >= 0.3 is 0 Å². The number of nitrogens with one attached hydrogen (secondary N) is 1. The summed E-state index contributed by atoms with van der Waals surface area (Å²) in [5.41, 5.74) is 0.763. The van der Waals surface area contributed by atoms with Gasteiger partial charge in [-0.2, -0.15) is 0 Å². The lowest BCUT2D eigenvalue weighted by Crippen LogP contribution is -2.27. The van der Waals surface area contributed by atoms with Crippen LogP contribution in [-0.2, 0) is 0 Å². The number of hydrogen-bond acceptors (Lipinski definition) is 2. The smallest absolute Gasteiger partial charge is 0.144 e. The Morgan fingerprint density at radius 3 is 2.53 bits per heavy atom. The first-order chi connectivity index (χ1) is 8.02. The highest BCUT2D eigenvalue weighted by atomic mass is 19.1. The largest absolute Gasteiger partial charge is 0.316 e. The molecule has 96 valence electrons. The maximum atomic E-state index is 13.6. The van der Waals surface area contributed by atoms with Crippen LogP contribution in [0, 0.1) is 17.7 Å². The number of halogens is 1. The monoisotopic (exact) mass is 238 g/mol. The number of aromatic nitrogens is 1. The van der Waals surface area contributed by atoms with E-state index in [0.717, 1.165) is 18.7 Å². The van der Waals surface area contributed by atoms with Crippen molar-refractivity contribution in [1.82, 2.24) is 10.3 Å². The molecule has 3 heteroatoms. The summed E-state index contributed by atoms with van der Waals surface area (Å²) < 4.78 is 13.6. The lowest BCUT2D eigenvalue weighted by molar-refractivity contribution is 0.418. The fraction of sp³-hybridized carbons (Fsp3) is 0.643. The van der Waals surface area contributed by atoms with E-state index < -0.39 is 0 Å². The molecular weight excluding hydrogens is 215 g/mol. The summed E-state index contributed by atoms with van der Waals surface area (Å²) in [5.74, 6) is 1.06. The quantitative estimate of drug-likeness (QED) is 0.823. The third-order valence-corrected chi connectivity index (χ3v) is 3.17. The van der Waals surface area contributed by atoms with Gasteiger partial charge in [0.15, 0.2) is 0 Å². The van der Waals surface area contributed by atoms with E-state index in [0.29, 0.717) is 11.8 Å². The van der Waals surface area contributed by atoms with E-state index in [-0.39, 0.29) is 11.7 Å². The van der Waals surface area contributed by atoms with Crippen LogP contribution in [0.2, 0.25) is 0 Å². The highest BCUT2D eigenvalue weighted by Crippen LogP contribution is 2.25. The van der Waals surface area contributed by atoms with E-state index in [2.05, 4.69) is 38.0 Å². The van der Waals surface area contributed by atoms with Crippen molar-refractivity contribution >= 4 is 0 Å². The first kappa shape index (κ1) is 14.1. The van der Waals surface area contributed by atoms with Crippen molar-refractivity contribution in [3.05, 3.63) is 29.8 Å². The molecule has 0 aliphatic rings. The predicted octanol–water partition coefficient (Wildman–Crippen LogP) is 3.21. The van der Waals surface area contributed by atoms with E-state index in [4.69, 9.17) is 0 Å². The fourth-order valence-electron chi connectivity index (χ4n) is 1.84. The molecule has 1 aromatic heterocycles. The van der Waals surface area contributed by atoms with Crippen LogP contribution in [0.3, 0.4) is 0 Å². The minimum absolute atomic E-state index is 0.198. The van der Waals surface area contributed by atoms with Crippen LogP contribution in [-0.4, -0.2) is 18.1 Å². The number of pyridine rings is 1. The van der Waals surface area contributed by atoms with Crippen LogP contribution in [0.4, 0.5) is 4.39 Å². The van der Waals surface area contributed by atoms with Crippen LogP contribution in [0.15, 0.2) is 18.5 Å². The zero-order valence-corrected chi connectivity index (χ0v) is 11.2. The van der Waals surface area contributed by atoms with E-state index in [1.54, 1.807) is 12.3 Å². The molecule has 0 bridgehead atoms. The molecule has 0 aromatic carbocycles. The van der Waals surface area contributed by atoms with E-state index in [1.165, 1.54) is 6.20 Å². The Balaban J connectivity index is 2.52. The number of rotatable bonds is 6. The Hall–Kier alpha value is -0.960. The lowest BCUT2D eigenvalue weighted by Gasteiger charge is -2.21. The summed E-state index contributed by atoms with van der Waals surface area (Å²) in [7, 11) is 0. The van der Waals surface area contributed by atoms with Crippen molar-refractivity contribution in [1.29, 1.82) is 0 Å². The van der Waals surface area contributed by atoms with Crippen molar-refractivity contribution in [3.8, 4) is 0 Å². The van der Waals surface area contributed by atoms with Crippen LogP contribution in [0.25, 0.3) is 0 Å². The van der Waals surface area contributed by atoms with Gasteiger partial charge < -0.3 is 5.32 Å². The zero-order valence-electron chi connectivity index (χ0n) is 11.2. The zero-order chi connectivity index (χ0) is 12.8. The average molecular weight is 238 g/mol. The second-order valence-electron chi connectivity index (χ2n) is 5.22. The molecule has 0 aliphatic heterocycles. The summed E-state index contributed by atoms with van der Waals surface area (Å²) in [4.78, 5) is 3.78. The molecule has 1 aromatic rings. The van der Waals surface area contributed by atoms with Gasteiger partial charge in [0.05, 0.1) is 6.20 Å². The third kappa shape index (κ3) is 4.43. The normalized spacial score (nSPS) is 14.9. The number of nitrogens with zero attached hydrogens (tertiary/aromatic N) is 1. The van der Waals surface area contributed by atoms with Crippen molar-refractivity contribution in [2.24, 2.45) is 11.8 Å². The van der Waals surface area contributed by atoms with Gasteiger partial charge in [-0.05, 0) is 42.5 Å².